The van der Waals surface area contributed by atoms with Gasteiger partial charge in [-0.3, -0.25) is 0 Å². The molecule has 0 N–H and O–H groups in total. The molecule has 2 aliphatic rings. The summed E-state index contributed by atoms with van der Waals surface area (Å²) in [5, 5.41) is 5.45. The summed E-state index contributed by atoms with van der Waals surface area (Å²) in [5.74, 6) is 0.549. The second kappa shape index (κ2) is 10.9. The molecule has 180 valence electrons. The van der Waals surface area contributed by atoms with Crippen LogP contribution in [0.1, 0.15) is 57.1 Å². The van der Waals surface area contributed by atoms with E-state index in [0.29, 0.717) is 11.8 Å². The molecule has 2 aromatic rings. The Kier molecular flexibility index (Phi) is 7.66. The Morgan fingerprint density at radius 2 is 1.71 bits per heavy atom. The summed E-state index contributed by atoms with van der Waals surface area (Å²) >= 11 is 0. The second-order valence-electron chi connectivity index (χ2n) is 9.80. The van der Waals surface area contributed by atoms with Gasteiger partial charge in [-0.05, 0) is 48.1 Å². The van der Waals surface area contributed by atoms with Gasteiger partial charge in [-0.15, -0.1) is 0 Å². The van der Waals surface area contributed by atoms with E-state index in [1.165, 1.54) is 0 Å². The maximum absolute atomic E-state index is 13.6. The zero-order chi connectivity index (χ0) is 24.1. The molecule has 0 aromatic heterocycles. The molecule has 0 unspecified atom stereocenters. The predicted octanol–water partition coefficient (Wildman–Crippen LogP) is 5.78. The third-order valence-electron chi connectivity index (χ3n) is 7.15. The van der Waals surface area contributed by atoms with Crippen LogP contribution in [0.2, 0.25) is 0 Å². The van der Waals surface area contributed by atoms with Gasteiger partial charge >= 0.3 is 12.1 Å². The molecular weight excluding hydrogens is 428 g/mol. The Morgan fingerprint density at radius 3 is 2.38 bits per heavy atom. The molecule has 0 saturated heterocycles. The third-order valence-corrected chi connectivity index (χ3v) is 7.15. The van der Waals surface area contributed by atoms with Gasteiger partial charge in [0.1, 0.15) is 12.7 Å². The van der Waals surface area contributed by atoms with E-state index in [2.05, 4.69) is 25.9 Å². The number of hydrogen-bond donors (Lipinski definition) is 0. The van der Waals surface area contributed by atoms with Gasteiger partial charge in [0.05, 0.1) is 5.92 Å². The van der Waals surface area contributed by atoms with Crippen molar-refractivity contribution in [3.8, 4) is 0 Å². The number of carbonyl (C=O) groups is 2. The fourth-order valence-corrected chi connectivity index (χ4v) is 4.89. The van der Waals surface area contributed by atoms with E-state index >= 15 is 0 Å². The maximum atomic E-state index is 13.6. The van der Waals surface area contributed by atoms with Crippen LogP contribution in [0.25, 0.3) is 0 Å². The molecule has 0 spiro atoms. The van der Waals surface area contributed by atoms with E-state index in [0.717, 1.165) is 35.4 Å². The highest BCUT2D eigenvalue weighted by Crippen LogP contribution is 2.36. The number of hydrazone groups is 1. The Morgan fingerprint density at radius 1 is 1.03 bits per heavy atom. The molecule has 1 aliphatic heterocycles. The van der Waals surface area contributed by atoms with Gasteiger partial charge in [-0.25, -0.2) is 9.59 Å². The monoisotopic (exact) mass is 462 g/mol. The molecule has 6 nitrogen and oxygen atoms in total. The van der Waals surface area contributed by atoms with E-state index in [1.807, 2.05) is 60.7 Å². The van der Waals surface area contributed by atoms with Crippen molar-refractivity contribution < 1.29 is 19.1 Å². The first-order valence-corrected chi connectivity index (χ1v) is 12.2. The van der Waals surface area contributed by atoms with Crippen molar-refractivity contribution in [3.05, 3.63) is 71.8 Å². The van der Waals surface area contributed by atoms with Crippen LogP contribution in [0.15, 0.2) is 65.8 Å². The average molecular weight is 463 g/mol. The molecule has 1 fully saturated rings. The van der Waals surface area contributed by atoms with Crippen molar-refractivity contribution >= 4 is 18.3 Å². The highest BCUT2D eigenvalue weighted by molar-refractivity contribution is 5.91. The van der Waals surface area contributed by atoms with Gasteiger partial charge in [0.15, 0.2) is 6.04 Å². The van der Waals surface area contributed by atoms with Gasteiger partial charge < -0.3 is 9.47 Å². The third kappa shape index (κ3) is 5.49. The zero-order valence-corrected chi connectivity index (χ0v) is 20.2. The van der Waals surface area contributed by atoms with E-state index in [1.54, 1.807) is 6.21 Å². The molecule has 2 aromatic carbocycles. The molecule has 34 heavy (non-hydrogen) atoms. The molecule has 1 amide bonds. The van der Waals surface area contributed by atoms with Crippen LogP contribution in [-0.2, 0) is 20.9 Å². The van der Waals surface area contributed by atoms with Gasteiger partial charge in [0.2, 0.25) is 0 Å². The minimum absolute atomic E-state index is 0.110. The fraction of sp³-hybridized carbons (Fsp3) is 0.464. The van der Waals surface area contributed by atoms with E-state index < -0.39 is 24.0 Å². The molecule has 5 atom stereocenters. The normalized spacial score (nSPS) is 26.5. The minimum Gasteiger partial charge on any atom is -0.460 e. The van der Waals surface area contributed by atoms with Crippen molar-refractivity contribution in [2.45, 2.75) is 64.7 Å². The van der Waals surface area contributed by atoms with Gasteiger partial charge in [0.25, 0.3) is 0 Å². The van der Waals surface area contributed by atoms with Gasteiger partial charge in [-0.1, -0.05) is 81.4 Å². The lowest BCUT2D eigenvalue weighted by Gasteiger charge is -2.36. The summed E-state index contributed by atoms with van der Waals surface area (Å²) in [6, 6.07) is 18.2. The van der Waals surface area contributed by atoms with Crippen molar-refractivity contribution in [1.82, 2.24) is 5.01 Å². The van der Waals surface area contributed by atoms with Gasteiger partial charge in [0, 0.05) is 6.21 Å². The number of ether oxygens (including phenoxy) is 2. The van der Waals surface area contributed by atoms with Crippen LogP contribution in [0.4, 0.5) is 4.79 Å². The Hall–Kier alpha value is -3.15. The molecule has 6 heteroatoms. The summed E-state index contributed by atoms with van der Waals surface area (Å²) in [5.41, 5.74) is 1.77. The lowest BCUT2D eigenvalue weighted by atomic mass is 9.76. The first-order chi connectivity index (χ1) is 16.4. The lowest BCUT2D eigenvalue weighted by Crippen LogP contribution is -2.45. The number of hydrogen-bond acceptors (Lipinski definition) is 5. The van der Waals surface area contributed by atoms with Crippen LogP contribution >= 0.6 is 0 Å². The quantitative estimate of drug-likeness (QED) is 0.510. The summed E-state index contributed by atoms with van der Waals surface area (Å²) in [6.07, 6.45) is 3.88. The van der Waals surface area contributed by atoms with Crippen molar-refractivity contribution in [2.24, 2.45) is 22.9 Å². The molecular formula is C28H34N2O4. The second-order valence-corrected chi connectivity index (χ2v) is 9.80. The van der Waals surface area contributed by atoms with Crippen LogP contribution in [-0.4, -0.2) is 35.4 Å². The number of benzene rings is 2. The van der Waals surface area contributed by atoms with E-state index in [9.17, 15) is 9.59 Å². The maximum Gasteiger partial charge on any atom is 0.431 e. The molecule has 4 rings (SSSR count). The first kappa shape index (κ1) is 24.0. The Bertz CT molecular complexity index is 992. The number of carbonyl (C=O) groups excluding carboxylic acids is 2. The fourth-order valence-electron chi connectivity index (χ4n) is 4.89. The lowest BCUT2D eigenvalue weighted by molar-refractivity contribution is -0.160. The number of amides is 1. The first-order valence-electron chi connectivity index (χ1n) is 12.2. The Balaban J connectivity index is 1.51. The van der Waals surface area contributed by atoms with Crippen LogP contribution in [0.5, 0.6) is 0 Å². The van der Waals surface area contributed by atoms with Crippen LogP contribution < -0.4 is 0 Å². The largest absolute Gasteiger partial charge is 0.460 e. The molecule has 1 aliphatic carbocycles. The van der Waals surface area contributed by atoms with E-state index in [4.69, 9.17) is 9.47 Å². The standard InChI is InChI=1S/C28H34N2O4/c1-19(2)23-15-14-20(3)25(16-23)34-27(31)26-24(22-12-8-5-9-13-22)17-29-30(26)28(32)33-18-21-10-6-4-7-11-21/h4-13,17,19-20,23-26H,14-16,18H2,1-3H3/t20-,23-,24-,25+,26+/m1/s1. The zero-order valence-electron chi connectivity index (χ0n) is 20.2. The molecule has 1 heterocycles. The summed E-state index contributed by atoms with van der Waals surface area (Å²) in [4.78, 5) is 26.5. The Labute approximate surface area is 201 Å². The summed E-state index contributed by atoms with van der Waals surface area (Å²) in [7, 11) is 0. The number of nitrogens with zero attached hydrogens (tertiary/aromatic N) is 2. The average Bonchev–Trinajstić information content (AvgIpc) is 3.30. The van der Waals surface area contributed by atoms with Crippen molar-refractivity contribution in [2.75, 3.05) is 0 Å². The predicted molar refractivity (Wildman–Crippen MR) is 131 cm³/mol. The molecule has 0 radical (unpaired) electrons. The van der Waals surface area contributed by atoms with Crippen molar-refractivity contribution in [1.29, 1.82) is 0 Å². The topological polar surface area (TPSA) is 68.2 Å². The van der Waals surface area contributed by atoms with E-state index in [-0.39, 0.29) is 18.6 Å². The smallest absolute Gasteiger partial charge is 0.431 e. The molecule has 0 bridgehead atoms. The summed E-state index contributed by atoms with van der Waals surface area (Å²) in [6.45, 7) is 6.69. The summed E-state index contributed by atoms with van der Waals surface area (Å²) < 4.78 is 11.6. The number of rotatable bonds is 6. The molecule has 1 saturated carbocycles. The highest BCUT2D eigenvalue weighted by atomic mass is 16.6. The van der Waals surface area contributed by atoms with Crippen LogP contribution in [0.3, 0.4) is 0 Å². The SMILES string of the molecule is CC(C)[C@@H]1CC[C@@H](C)[C@@H](OC(=O)[C@@H]2[C@@H](c3ccccc3)C=NN2C(=O)OCc2ccccc2)C1. The highest BCUT2D eigenvalue weighted by Gasteiger charge is 2.45. The van der Waals surface area contributed by atoms with Crippen LogP contribution in [0, 0.1) is 17.8 Å². The number of esters is 1. The van der Waals surface area contributed by atoms with Crippen molar-refractivity contribution in [3.63, 3.8) is 0 Å². The van der Waals surface area contributed by atoms with Gasteiger partial charge in [-0.2, -0.15) is 10.1 Å². The minimum atomic E-state index is -0.891.